The van der Waals surface area contributed by atoms with Crippen molar-refractivity contribution in [3.05, 3.63) is 48.0 Å². The lowest BCUT2D eigenvalue weighted by atomic mass is 10.2. The van der Waals surface area contributed by atoms with Crippen molar-refractivity contribution in [2.45, 2.75) is 11.4 Å². The molecule has 0 aliphatic carbocycles. The van der Waals surface area contributed by atoms with E-state index in [9.17, 15) is 13.2 Å². The molecule has 0 saturated carbocycles. The van der Waals surface area contributed by atoms with Crippen LogP contribution in [0.1, 0.15) is 5.56 Å². The second kappa shape index (κ2) is 7.42. The van der Waals surface area contributed by atoms with Crippen molar-refractivity contribution < 1.29 is 22.7 Å². The van der Waals surface area contributed by atoms with Crippen molar-refractivity contribution in [2.24, 2.45) is 0 Å². The molecule has 1 heterocycles. The van der Waals surface area contributed by atoms with Gasteiger partial charge in [0.25, 0.3) is 0 Å². The SMILES string of the molecule is O=C(CBr)Nc1cccc(S(=O)(=O)NCc2ccc3c(c2)OCO3)c1. The minimum atomic E-state index is -3.72. The van der Waals surface area contributed by atoms with Gasteiger partial charge >= 0.3 is 0 Å². The molecule has 0 spiro atoms. The van der Waals surface area contributed by atoms with Crippen LogP contribution in [-0.2, 0) is 21.4 Å². The van der Waals surface area contributed by atoms with Gasteiger partial charge in [-0.1, -0.05) is 28.1 Å². The Morgan fingerprint density at radius 3 is 2.72 bits per heavy atom. The van der Waals surface area contributed by atoms with E-state index >= 15 is 0 Å². The van der Waals surface area contributed by atoms with Gasteiger partial charge in [0.1, 0.15) is 0 Å². The summed E-state index contributed by atoms with van der Waals surface area (Å²) in [6, 6.07) is 11.3. The number of carbonyl (C=O) groups is 1. The zero-order valence-electron chi connectivity index (χ0n) is 13.0. The van der Waals surface area contributed by atoms with E-state index in [1.165, 1.54) is 12.1 Å². The number of ether oxygens (including phenoxy) is 2. The number of halogens is 1. The fourth-order valence-corrected chi connectivity index (χ4v) is 3.45. The van der Waals surface area contributed by atoms with Crippen LogP contribution in [-0.4, -0.2) is 26.4 Å². The third kappa shape index (κ3) is 4.30. The Bertz CT molecular complexity index is 901. The summed E-state index contributed by atoms with van der Waals surface area (Å²) < 4.78 is 37.9. The fourth-order valence-electron chi connectivity index (χ4n) is 2.25. The van der Waals surface area contributed by atoms with Gasteiger partial charge in [-0.05, 0) is 35.9 Å². The maximum absolute atomic E-state index is 12.5. The van der Waals surface area contributed by atoms with Crippen molar-refractivity contribution in [3.63, 3.8) is 0 Å². The Morgan fingerprint density at radius 2 is 1.92 bits per heavy atom. The molecule has 2 aromatic carbocycles. The Kier molecular flexibility index (Phi) is 5.26. The van der Waals surface area contributed by atoms with Gasteiger partial charge in [0.05, 0.1) is 10.2 Å². The summed E-state index contributed by atoms with van der Waals surface area (Å²) in [4.78, 5) is 11.5. The van der Waals surface area contributed by atoms with E-state index < -0.39 is 10.0 Å². The van der Waals surface area contributed by atoms with Crippen LogP contribution in [0.5, 0.6) is 11.5 Å². The van der Waals surface area contributed by atoms with E-state index in [4.69, 9.17) is 9.47 Å². The van der Waals surface area contributed by atoms with Gasteiger partial charge in [-0.15, -0.1) is 0 Å². The maximum atomic E-state index is 12.5. The number of carbonyl (C=O) groups excluding carboxylic acids is 1. The Hall–Kier alpha value is -2.10. The van der Waals surface area contributed by atoms with Crippen LogP contribution in [0.3, 0.4) is 0 Å². The van der Waals surface area contributed by atoms with Crippen LogP contribution >= 0.6 is 15.9 Å². The summed E-state index contributed by atoms with van der Waals surface area (Å²) in [7, 11) is -3.72. The van der Waals surface area contributed by atoms with E-state index in [1.54, 1.807) is 30.3 Å². The van der Waals surface area contributed by atoms with Gasteiger partial charge in [0.2, 0.25) is 22.7 Å². The van der Waals surface area contributed by atoms with Crippen LogP contribution in [0.4, 0.5) is 5.69 Å². The van der Waals surface area contributed by atoms with Gasteiger partial charge in [0.15, 0.2) is 11.5 Å². The molecular formula is C16H15BrN2O5S. The fraction of sp³-hybridized carbons (Fsp3) is 0.188. The third-order valence-electron chi connectivity index (χ3n) is 3.45. The molecule has 1 amide bonds. The first-order valence-electron chi connectivity index (χ1n) is 7.32. The molecule has 0 bridgehead atoms. The smallest absolute Gasteiger partial charge is 0.240 e. The number of alkyl halides is 1. The Labute approximate surface area is 153 Å². The number of nitrogens with one attached hydrogen (secondary N) is 2. The molecule has 0 aromatic heterocycles. The average molecular weight is 427 g/mol. The topological polar surface area (TPSA) is 93.7 Å². The van der Waals surface area contributed by atoms with Gasteiger partial charge in [0, 0.05) is 12.2 Å². The number of sulfonamides is 1. The summed E-state index contributed by atoms with van der Waals surface area (Å²) in [5.74, 6) is 0.973. The molecule has 132 valence electrons. The second-order valence-corrected chi connectivity index (χ2v) is 7.55. The summed E-state index contributed by atoms with van der Waals surface area (Å²) in [5.41, 5.74) is 1.16. The molecule has 1 aliphatic heterocycles. The summed E-state index contributed by atoms with van der Waals surface area (Å²) in [5, 5.41) is 2.73. The molecule has 0 unspecified atom stereocenters. The number of amides is 1. The van der Waals surface area contributed by atoms with Crippen LogP contribution in [0.2, 0.25) is 0 Å². The lowest BCUT2D eigenvalue weighted by molar-refractivity contribution is -0.113. The maximum Gasteiger partial charge on any atom is 0.240 e. The van der Waals surface area contributed by atoms with Crippen molar-refractivity contribution >= 4 is 37.5 Å². The molecule has 0 radical (unpaired) electrons. The predicted octanol–water partition coefficient (Wildman–Crippen LogP) is 2.23. The Balaban J connectivity index is 1.71. The van der Waals surface area contributed by atoms with E-state index in [0.717, 1.165) is 5.56 Å². The average Bonchev–Trinajstić information content (AvgIpc) is 3.08. The number of hydrogen-bond acceptors (Lipinski definition) is 5. The zero-order chi connectivity index (χ0) is 17.9. The first kappa shape index (κ1) is 17.7. The highest BCUT2D eigenvalue weighted by Crippen LogP contribution is 2.32. The van der Waals surface area contributed by atoms with Gasteiger partial charge in [-0.2, -0.15) is 0 Å². The predicted molar refractivity (Wildman–Crippen MR) is 95.5 cm³/mol. The van der Waals surface area contributed by atoms with Crippen molar-refractivity contribution in [1.29, 1.82) is 0 Å². The number of anilines is 1. The first-order chi connectivity index (χ1) is 12.0. The molecule has 7 nitrogen and oxygen atoms in total. The number of fused-ring (bicyclic) bond motifs is 1. The van der Waals surface area contributed by atoms with E-state index in [2.05, 4.69) is 26.0 Å². The minimum absolute atomic E-state index is 0.0700. The van der Waals surface area contributed by atoms with E-state index in [0.29, 0.717) is 17.2 Å². The molecule has 3 rings (SSSR count). The molecule has 25 heavy (non-hydrogen) atoms. The molecular weight excluding hydrogens is 412 g/mol. The standard InChI is InChI=1S/C16H15BrN2O5S/c17-8-16(20)19-12-2-1-3-13(7-12)25(21,22)18-9-11-4-5-14-15(6-11)24-10-23-14/h1-7,18H,8-10H2,(H,19,20). The van der Waals surface area contributed by atoms with Crippen molar-refractivity contribution in [3.8, 4) is 11.5 Å². The summed E-state index contributed by atoms with van der Waals surface area (Å²) in [6.07, 6.45) is 0. The number of benzene rings is 2. The van der Waals surface area contributed by atoms with Gasteiger partial charge < -0.3 is 14.8 Å². The van der Waals surface area contributed by atoms with Crippen molar-refractivity contribution in [2.75, 3.05) is 17.4 Å². The lowest BCUT2D eigenvalue weighted by Crippen LogP contribution is -2.23. The van der Waals surface area contributed by atoms with Crippen LogP contribution in [0.25, 0.3) is 0 Å². The van der Waals surface area contributed by atoms with Crippen molar-refractivity contribution in [1.82, 2.24) is 4.72 Å². The highest BCUT2D eigenvalue weighted by atomic mass is 79.9. The van der Waals surface area contributed by atoms with E-state index in [-0.39, 0.29) is 29.5 Å². The highest BCUT2D eigenvalue weighted by Gasteiger charge is 2.17. The molecule has 0 saturated heterocycles. The zero-order valence-corrected chi connectivity index (χ0v) is 15.4. The third-order valence-corrected chi connectivity index (χ3v) is 5.36. The Morgan fingerprint density at radius 1 is 1.12 bits per heavy atom. The summed E-state index contributed by atoms with van der Waals surface area (Å²) >= 11 is 3.04. The van der Waals surface area contributed by atoms with Gasteiger partial charge in [-0.25, -0.2) is 13.1 Å². The van der Waals surface area contributed by atoms with E-state index in [1.807, 2.05) is 0 Å². The first-order valence-corrected chi connectivity index (χ1v) is 9.92. The van der Waals surface area contributed by atoms with Crippen LogP contribution in [0.15, 0.2) is 47.4 Å². The number of hydrogen-bond donors (Lipinski definition) is 2. The number of rotatable bonds is 6. The highest BCUT2D eigenvalue weighted by molar-refractivity contribution is 9.09. The normalized spacial score (nSPS) is 12.8. The minimum Gasteiger partial charge on any atom is -0.454 e. The lowest BCUT2D eigenvalue weighted by Gasteiger charge is -2.09. The largest absolute Gasteiger partial charge is 0.454 e. The van der Waals surface area contributed by atoms with Crippen LogP contribution < -0.4 is 19.5 Å². The monoisotopic (exact) mass is 426 g/mol. The molecule has 2 aromatic rings. The molecule has 9 heteroatoms. The van der Waals surface area contributed by atoms with Gasteiger partial charge in [-0.3, -0.25) is 4.79 Å². The molecule has 1 aliphatic rings. The molecule has 0 fully saturated rings. The summed E-state index contributed by atoms with van der Waals surface area (Å²) in [6.45, 7) is 0.272. The van der Waals surface area contributed by atoms with Crippen LogP contribution in [0, 0.1) is 0 Å². The molecule has 2 N–H and O–H groups in total. The quantitative estimate of drug-likeness (QED) is 0.690. The second-order valence-electron chi connectivity index (χ2n) is 5.22. The molecule has 0 atom stereocenters.